The van der Waals surface area contributed by atoms with E-state index in [-0.39, 0.29) is 11.8 Å². The second kappa shape index (κ2) is 6.58. The van der Waals surface area contributed by atoms with Crippen LogP contribution in [0.2, 0.25) is 0 Å². The lowest BCUT2D eigenvalue weighted by Crippen LogP contribution is -2.36. The largest absolute Gasteiger partial charge is 0.465 e. The molecule has 1 fully saturated rings. The minimum Gasteiger partial charge on any atom is -0.465 e. The molecule has 1 aliphatic rings. The minimum atomic E-state index is -0.822. The third-order valence-corrected chi connectivity index (χ3v) is 3.42. The fraction of sp³-hybridized carbons (Fsp3) is 0.714. The molecule has 0 aromatic heterocycles. The molecule has 3 heteroatoms. The summed E-state index contributed by atoms with van der Waals surface area (Å²) in [5.41, 5.74) is -0.822. The van der Waals surface area contributed by atoms with Gasteiger partial charge in [0.1, 0.15) is 11.2 Å². The molecule has 0 amide bonds. The van der Waals surface area contributed by atoms with E-state index >= 15 is 0 Å². The van der Waals surface area contributed by atoms with Gasteiger partial charge in [-0.05, 0) is 46.0 Å². The number of esters is 1. The van der Waals surface area contributed by atoms with E-state index < -0.39 is 5.41 Å². The number of ether oxygens (including phenoxy) is 1. The standard InChI is InChI=1S/C14H22O3/c1-3-5-6-7-10-14(13(16)17-4-2)11-8-9-12(14)15/h3,5H,4,6-11H2,1-2H3. The van der Waals surface area contributed by atoms with Crippen LogP contribution in [0.15, 0.2) is 12.2 Å². The number of Topliss-reactive ketones (excluding diaryl/α,β-unsaturated/α-hetero) is 1. The Bertz CT molecular complexity index is 307. The lowest BCUT2D eigenvalue weighted by molar-refractivity contribution is -0.159. The maximum absolute atomic E-state index is 12.0. The number of unbranched alkanes of at least 4 members (excludes halogenated alkanes) is 1. The highest BCUT2D eigenvalue weighted by atomic mass is 16.5. The first-order valence-corrected chi connectivity index (χ1v) is 6.49. The van der Waals surface area contributed by atoms with Crippen molar-refractivity contribution >= 4 is 11.8 Å². The lowest BCUT2D eigenvalue weighted by Gasteiger charge is -2.24. The summed E-state index contributed by atoms with van der Waals surface area (Å²) in [6, 6.07) is 0. The molecule has 0 aromatic rings. The normalized spacial score (nSPS) is 24.5. The van der Waals surface area contributed by atoms with E-state index in [1.54, 1.807) is 6.92 Å². The van der Waals surface area contributed by atoms with Crippen LogP contribution < -0.4 is 0 Å². The van der Waals surface area contributed by atoms with Crippen molar-refractivity contribution in [2.75, 3.05) is 6.61 Å². The summed E-state index contributed by atoms with van der Waals surface area (Å²) in [5.74, 6) is -0.223. The molecule has 0 spiro atoms. The van der Waals surface area contributed by atoms with Crippen molar-refractivity contribution in [2.45, 2.75) is 52.4 Å². The summed E-state index contributed by atoms with van der Waals surface area (Å²) in [4.78, 5) is 23.9. The molecule has 0 N–H and O–H groups in total. The van der Waals surface area contributed by atoms with Crippen LogP contribution in [-0.2, 0) is 14.3 Å². The van der Waals surface area contributed by atoms with Crippen LogP contribution in [-0.4, -0.2) is 18.4 Å². The van der Waals surface area contributed by atoms with Crippen LogP contribution in [0.25, 0.3) is 0 Å². The van der Waals surface area contributed by atoms with Gasteiger partial charge < -0.3 is 4.74 Å². The topological polar surface area (TPSA) is 43.4 Å². The van der Waals surface area contributed by atoms with E-state index in [1.807, 2.05) is 13.0 Å². The fourth-order valence-electron chi connectivity index (χ4n) is 2.47. The Balaban J connectivity index is 2.66. The quantitative estimate of drug-likeness (QED) is 0.309. The van der Waals surface area contributed by atoms with Crippen LogP contribution in [0.1, 0.15) is 52.4 Å². The van der Waals surface area contributed by atoms with Gasteiger partial charge in [-0.25, -0.2) is 0 Å². The Morgan fingerprint density at radius 2 is 2.29 bits per heavy atom. The number of carbonyl (C=O) groups excluding carboxylic acids is 2. The second-order valence-electron chi connectivity index (χ2n) is 4.54. The van der Waals surface area contributed by atoms with Crippen LogP contribution >= 0.6 is 0 Å². The number of carbonyl (C=O) groups is 2. The molecule has 1 unspecified atom stereocenters. The monoisotopic (exact) mass is 238 g/mol. The van der Waals surface area contributed by atoms with Crippen molar-refractivity contribution in [2.24, 2.45) is 5.41 Å². The maximum atomic E-state index is 12.0. The van der Waals surface area contributed by atoms with E-state index in [9.17, 15) is 9.59 Å². The second-order valence-corrected chi connectivity index (χ2v) is 4.54. The molecular formula is C14H22O3. The zero-order valence-electron chi connectivity index (χ0n) is 10.8. The van der Waals surface area contributed by atoms with Gasteiger partial charge in [-0.3, -0.25) is 9.59 Å². The predicted molar refractivity (Wildman–Crippen MR) is 66.6 cm³/mol. The highest BCUT2D eigenvalue weighted by Gasteiger charge is 2.48. The number of hydrogen-bond donors (Lipinski definition) is 0. The van der Waals surface area contributed by atoms with Crippen molar-refractivity contribution in [3.63, 3.8) is 0 Å². The Morgan fingerprint density at radius 1 is 1.53 bits per heavy atom. The summed E-state index contributed by atoms with van der Waals surface area (Å²) in [7, 11) is 0. The van der Waals surface area contributed by atoms with Crippen LogP contribution in [0.5, 0.6) is 0 Å². The molecule has 1 saturated carbocycles. The first-order valence-electron chi connectivity index (χ1n) is 6.49. The highest BCUT2D eigenvalue weighted by molar-refractivity contribution is 6.05. The Morgan fingerprint density at radius 3 is 2.82 bits per heavy atom. The van der Waals surface area contributed by atoms with Crippen molar-refractivity contribution in [1.82, 2.24) is 0 Å². The van der Waals surface area contributed by atoms with Gasteiger partial charge in [0.15, 0.2) is 0 Å². The molecule has 0 bridgehead atoms. The van der Waals surface area contributed by atoms with E-state index in [4.69, 9.17) is 4.74 Å². The van der Waals surface area contributed by atoms with Gasteiger partial charge >= 0.3 is 5.97 Å². The smallest absolute Gasteiger partial charge is 0.319 e. The molecule has 0 saturated heterocycles. The van der Waals surface area contributed by atoms with E-state index in [0.29, 0.717) is 25.9 Å². The van der Waals surface area contributed by atoms with Crippen molar-refractivity contribution in [3.05, 3.63) is 12.2 Å². The van der Waals surface area contributed by atoms with E-state index in [0.717, 1.165) is 19.3 Å². The molecule has 0 aromatic carbocycles. The Labute approximate surface area is 103 Å². The molecule has 1 rings (SSSR count). The van der Waals surface area contributed by atoms with E-state index in [1.165, 1.54) is 0 Å². The number of allylic oxidation sites excluding steroid dienone is 2. The van der Waals surface area contributed by atoms with Gasteiger partial charge in [-0.2, -0.15) is 0 Å². The highest BCUT2D eigenvalue weighted by Crippen LogP contribution is 2.40. The lowest BCUT2D eigenvalue weighted by atomic mass is 9.80. The van der Waals surface area contributed by atoms with Gasteiger partial charge in [0.25, 0.3) is 0 Å². The first kappa shape index (κ1) is 13.9. The molecule has 3 nitrogen and oxygen atoms in total. The SMILES string of the molecule is CC=CCCCC1(C(=O)OCC)CCCC1=O. The average Bonchev–Trinajstić information content (AvgIpc) is 2.68. The number of hydrogen-bond acceptors (Lipinski definition) is 3. The first-order chi connectivity index (χ1) is 8.17. The van der Waals surface area contributed by atoms with Crippen LogP contribution in [0.4, 0.5) is 0 Å². The summed E-state index contributed by atoms with van der Waals surface area (Å²) < 4.78 is 5.08. The Kier molecular flexibility index (Phi) is 5.39. The third kappa shape index (κ3) is 3.18. The van der Waals surface area contributed by atoms with Crippen molar-refractivity contribution < 1.29 is 14.3 Å². The molecule has 0 aliphatic heterocycles. The number of ketones is 1. The third-order valence-electron chi connectivity index (χ3n) is 3.42. The van der Waals surface area contributed by atoms with Gasteiger partial charge in [0, 0.05) is 6.42 Å². The van der Waals surface area contributed by atoms with Gasteiger partial charge in [0.2, 0.25) is 0 Å². The molecule has 96 valence electrons. The molecule has 1 atom stereocenters. The van der Waals surface area contributed by atoms with Crippen LogP contribution in [0.3, 0.4) is 0 Å². The zero-order valence-corrected chi connectivity index (χ0v) is 10.8. The zero-order chi connectivity index (χ0) is 12.7. The fourth-order valence-corrected chi connectivity index (χ4v) is 2.47. The van der Waals surface area contributed by atoms with E-state index in [2.05, 4.69) is 6.08 Å². The summed E-state index contributed by atoms with van der Waals surface area (Å²) >= 11 is 0. The van der Waals surface area contributed by atoms with Crippen molar-refractivity contribution in [3.8, 4) is 0 Å². The van der Waals surface area contributed by atoms with Crippen LogP contribution in [0, 0.1) is 5.41 Å². The predicted octanol–water partition coefficient (Wildman–Crippen LogP) is 3.04. The molecule has 1 aliphatic carbocycles. The van der Waals surface area contributed by atoms with Gasteiger partial charge in [0.05, 0.1) is 6.61 Å². The summed E-state index contributed by atoms with van der Waals surface area (Å²) in [6.07, 6.45) is 8.50. The molecule has 0 heterocycles. The molecular weight excluding hydrogens is 216 g/mol. The van der Waals surface area contributed by atoms with Gasteiger partial charge in [-0.1, -0.05) is 12.2 Å². The van der Waals surface area contributed by atoms with Gasteiger partial charge in [-0.15, -0.1) is 0 Å². The summed E-state index contributed by atoms with van der Waals surface area (Å²) in [5, 5.41) is 0. The maximum Gasteiger partial charge on any atom is 0.319 e. The molecule has 17 heavy (non-hydrogen) atoms. The van der Waals surface area contributed by atoms with Crippen molar-refractivity contribution in [1.29, 1.82) is 0 Å². The summed E-state index contributed by atoms with van der Waals surface area (Å²) in [6.45, 7) is 4.11. The average molecular weight is 238 g/mol. The minimum absolute atomic E-state index is 0.0800. The Hall–Kier alpha value is -1.12. The number of rotatable bonds is 6. The molecule has 0 radical (unpaired) electrons.